The largest absolute Gasteiger partial charge is 0.382 e. The van der Waals surface area contributed by atoms with E-state index in [9.17, 15) is 0 Å². The third-order valence-corrected chi connectivity index (χ3v) is 2.06. The molecule has 0 aromatic rings. The highest BCUT2D eigenvalue weighted by Gasteiger charge is 1.96. The van der Waals surface area contributed by atoms with Gasteiger partial charge in [-0.1, -0.05) is 6.08 Å². The van der Waals surface area contributed by atoms with Gasteiger partial charge in [0.2, 0.25) is 0 Å². The predicted octanol–water partition coefficient (Wildman–Crippen LogP) is 1.22. The van der Waals surface area contributed by atoms with Gasteiger partial charge in [0.15, 0.2) is 0 Å². The molecule has 4 heteroatoms. The normalized spacial score (nSPS) is 12.6. The minimum Gasteiger partial charge on any atom is -0.382 e. The number of rotatable bonds is 12. The Hall–Kier alpha value is -0.420. The highest BCUT2D eigenvalue weighted by atomic mass is 16.5. The van der Waals surface area contributed by atoms with E-state index in [1.54, 1.807) is 7.11 Å². The van der Waals surface area contributed by atoms with Gasteiger partial charge in [-0.25, -0.2) is 0 Å². The van der Waals surface area contributed by atoms with E-state index in [0.29, 0.717) is 32.5 Å². The maximum atomic E-state index is 5.39. The third-order valence-electron chi connectivity index (χ3n) is 2.06. The molecule has 0 aromatic carbocycles. The van der Waals surface area contributed by atoms with Crippen molar-refractivity contribution >= 4 is 0 Å². The first-order chi connectivity index (χ1) is 7.81. The summed E-state index contributed by atoms with van der Waals surface area (Å²) < 4.78 is 15.5. The lowest BCUT2D eigenvalue weighted by molar-refractivity contribution is 0.0253. The first-order valence-electron chi connectivity index (χ1n) is 5.80. The highest BCUT2D eigenvalue weighted by molar-refractivity contribution is 4.74. The maximum absolute atomic E-state index is 5.39. The molecule has 0 saturated carbocycles. The molecule has 0 heterocycles. The van der Waals surface area contributed by atoms with Crippen molar-refractivity contribution in [2.75, 3.05) is 46.7 Å². The summed E-state index contributed by atoms with van der Waals surface area (Å²) in [6.07, 6.45) is 2.91. The summed E-state index contributed by atoms with van der Waals surface area (Å²) in [4.78, 5) is 0. The summed E-state index contributed by atoms with van der Waals surface area (Å²) in [5, 5.41) is 3.34. The average molecular weight is 231 g/mol. The zero-order valence-electron chi connectivity index (χ0n) is 10.5. The molecular weight excluding hydrogens is 206 g/mol. The van der Waals surface area contributed by atoms with Crippen LogP contribution in [0.3, 0.4) is 0 Å². The average Bonchev–Trinajstić information content (AvgIpc) is 2.27. The summed E-state index contributed by atoms with van der Waals surface area (Å²) in [5.74, 6) is 0. The molecule has 0 radical (unpaired) electrons. The Labute approximate surface area is 99.0 Å². The first-order valence-corrected chi connectivity index (χ1v) is 5.80. The Balaban J connectivity index is 3.00. The lowest BCUT2D eigenvalue weighted by Gasteiger charge is -2.11. The minimum atomic E-state index is 0.471. The number of methoxy groups -OCH3 is 1. The first kappa shape index (κ1) is 15.6. The number of hydrogen-bond donors (Lipinski definition) is 1. The molecular formula is C12H25NO3. The molecule has 4 nitrogen and oxygen atoms in total. The molecule has 0 rings (SSSR count). The van der Waals surface area contributed by atoms with Crippen molar-refractivity contribution in [2.24, 2.45) is 0 Å². The van der Waals surface area contributed by atoms with E-state index in [-0.39, 0.29) is 0 Å². The number of ether oxygens (including phenoxy) is 3. The molecule has 0 amide bonds. The second kappa shape index (κ2) is 12.6. The van der Waals surface area contributed by atoms with Gasteiger partial charge < -0.3 is 19.5 Å². The van der Waals surface area contributed by atoms with Crippen LogP contribution in [0.15, 0.2) is 12.7 Å². The second-order valence-corrected chi connectivity index (χ2v) is 3.60. The molecule has 1 N–H and O–H groups in total. The van der Waals surface area contributed by atoms with Gasteiger partial charge in [-0.2, -0.15) is 0 Å². The van der Waals surface area contributed by atoms with Gasteiger partial charge >= 0.3 is 0 Å². The van der Waals surface area contributed by atoms with Crippen LogP contribution >= 0.6 is 0 Å². The molecule has 0 saturated heterocycles. The molecule has 96 valence electrons. The van der Waals surface area contributed by atoms with Crippen molar-refractivity contribution in [3.05, 3.63) is 12.7 Å². The zero-order valence-corrected chi connectivity index (χ0v) is 10.5. The van der Waals surface area contributed by atoms with Crippen molar-refractivity contribution in [3.63, 3.8) is 0 Å². The van der Waals surface area contributed by atoms with E-state index in [0.717, 1.165) is 19.6 Å². The molecule has 16 heavy (non-hydrogen) atoms. The molecule has 1 atom stereocenters. The monoisotopic (exact) mass is 231 g/mol. The van der Waals surface area contributed by atoms with Gasteiger partial charge in [0.05, 0.1) is 33.0 Å². The van der Waals surface area contributed by atoms with Crippen LogP contribution in [0, 0.1) is 0 Å². The fourth-order valence-corrected chi connectivity index (χ4v) is 1.18. The topological polar surface area (TPSA) is 39.7 Å². The molecule has 0 fully saturated rings. The summed E-state index contributed by atoms with van der Waals surface area (Å²) in [6.45, 7) is 9.96. The Morgan fingerprint density at radius 3 is 2.38 bits per heavy atom. The van der Waals surface area contributed by atoms with Crippen LogP contribution in [0.1, 0.15) is 13.3 Å². The lowest BCUT2D eigenvalue weighted by atomic mass is 10.2. The molecule has 0 bridgehead atoms. The summed E-state index contributed by atoms with van der Waals surface area (Å²) >= 11 is 0. The minimum absolute atomic E-state index is 0.471. The Kier molecular flexibility index (Phi) is 12.3. The van der Waals surface area contributed by atoms with Crippen molar-refractivity contribution < 1.29 is 14.2 Å². The Bertz CT molecular complexity index is 153. The van der Waals surface area contributed by atoms with Crippen molar-refractivity contribution in [2.45, 2.75) is 19.4 Å². The Morgan fingerprint density at radius 1 is 1.12 bits per heavy atom. The fourth-order valence-electron chi connectivity index (χ4n) is 1.18. The smallest absolute Gasteiger partial charge is 0.0701 e. The van der Waals surface area contributed by atoms with Crippen molar-refractivity contribution in [3.8, 4) is 0 Å². The van der Waals surface area contributed by atoms with Gasteiger partial charge in [-0.15, -0.1) is 6.58 Å². The molecule has 0 aliphatic carbocycles. The van der Waals surface area contributed by atoms with Crippen molar-refractivity contribution in [1.82, 2.24) is 5.32 Å². The van der Waals surface area contributed by atoms with E-state index in [1.807, 2.05) is 6.08 Å². The quantitative estimate of drug-likeness (QED) is 0.405. The van der Waals surface area contributed by atoms with Crippen LogP contribution in [0.25, 0.3) is 0 Å². The van der Waals surface area contributed by atoms with E-state index < -0.39 is 0 Å². The summed E-state index contributed by atoms with van der Waals surface area (Å²) in [5.41, 5.74) is 0. The van der Waals surface area contributed by atoms with E-state index >= 15 is 0 Å². The summed E-state index contributed by atoms with van der Waals surface area (Å²) in [6, 6.07) is 0.471. The standard InChI is InChI=1S/C12H25NO3/c1-4-5-12(2)13-6-7-15-10-11-16-9-8-14-3/h4,12-13H,1,5-11H2,2-3H3. The second-order valence-electron chi connectivity index (χ2n) is 3.60. The number of nitrogens with one attached hydrogen (secondary N) is 1. The van der Waals surface area contributed by atoms with Crippen molar-refractivity contribution in [1.29, 1.82) is 0 Å². The van der Waals surface area contributed by atoms with Gasteiger partial charge in [0.1, 0.15) is 0 Å². The van der Waals surface area contributed by atoms with Crippen LogP contribution in [-0.4, -0.2) is 52.7 Å². The molecule has 0 aliphatic rings. The van der Waals surface area contributed by atoms with Gasteiger partial charge in [-0.3, -0.25) is 0 Å². The van der Waals surface area contributed by atoms with Crippen LogP contribution in [-0.2, 0) is 14.2 Å². The number of hydrogen-bond acceptors (Lipinski definition) is 4. The van der Waals surface area contributed by atoms with Crippen LogP contribution in [0.5, 0.6) is 0 Å². The highest BCUT2D eigenvalue weighted by Crippen LogP contribution is 1.89. The molecule has 0 spiro atoms. The van der Waals surface area contributed by atoms with E-state index in [4.69, 9.17) is 14.2 Å². The van der Waals surface area contributed by atoms with Gasteiger partial charge in [0, 0.05) is 19.7 Å². The zero-order chi connectivity index (χ0) is 12.1. The predicted molar refractivity (Wildman–Crippen MR) is 65.8 cm³/mol. The van der Waals surface area contributed by atoms with Crippen LogP contribution in [0.4, 0.5) is 0 Å². The molecule has 0 aliphatic heterocycles. The SMILES string of the molecule is C=CCC(C)NCCOCCOCCOC. The molecule has 1 unspecified atom stereocenters. The van der Waals surface area contributed by atoms with Crippen LogP contribution in [0.2, 0.25) is 0 Å². The van der Waals surface area contributed by atoms with E-state index in [2.05, 4.69) is 18.8 Å². The summed E-state index contributed by atoms with van der Waals surface area (Å²) in [7, 11) is 1.66. The van der Waals surface area contributed by atoms with E-state index in [1.165, 1.54) is 0 Å². The van der Waals surface area contributed by atoms with Gasteiger partial charge in [0.25, 0.3) is 0 Å². The van der Waals surface area contributed by atoms with Gasteiger partial charge in [-0.05, 0) is 13.3 Å². The molecule has 0 aromatic heterocycles. The maximum Gasteiger partial charge on any atom is 0.0701 e. The van der Waals surface area contributed by atoms with Crippen LogP contribution < -0.4 is 5.32 Å². The Morgan fingerprint density at radius 2 is 1.75 bits per heavy atom. The lowest BCUT2D eigenvalue weighted by Crippen LogP contribution is -2.29. The fraction of sp³-hybridized carbons (Fsp3) is 0.833. The third kappa shape index (κ3) is 11.7.